The zero-order valence-corrected chi connectivity index (χ0v) is 15.7. The monoisotopic (exact) mass is 382 g/mol. The van der Waals surface area contributed by atoms with Crippen molar-refractivity contribution in [3.05, 3.63) is 58.6 Å². The molecule has 2 aromatic carbocycles. The minimum absolute atomic E-state index is 0.0358. The molecule has 1 N–H and O–H groups in total. The van der Waals surface area contributed by atoms with Crippen LogP contribution in [0.5, 0.6) is 11.5 Å². The number of carbonyl (C=O) groups is 2. The van der Waals surface area contributed by atoms with E-state index in [1.165, 1.54) is 24.3 Å². The van der Waals surface area contributed by atoms with Gasteiger partial charge in [-0.2, -0.15) is 0 Å². The molecule has 1 heterocycles. The van der Waals surface area contributed by atoms with Crippen molar-refractivity contribution in [2.45, 2.75) is 26.7 Å². The summed E-state index contributed by atoms with van der Waals surface area (Å²) >= 11 is 1.34. The van der Waals surface area contributed by atoms with Gasteiger partial charge in [0, 0.05) is 18.6 Å². The van der Waals surface area contributed by atoms with E-state index in [0.29, 0.717) is 17.0 Å². The number of phenolic OH excluding ortho intramolecular Hbond substituents is 1. The van der Waals surface area contributed by atoms with Crippen LogP contribution in [-0.2, 0) is 17.6 Å². The van der Waals surface area contributed by atoms with Gasteiger partial charge in [0.2, 0.25) is 0 Å². The fourth-order valence-electron chi connectivity index (χ4n) is 2.62. The highest BCUT2D eigenvalue weighted by molar-refractivity contribution is 7.14. The van der Waals surface area contributed by atoms with E-state index >= 15 is 0 Å². The average Bonchev–Trinajstić information content (AvgIpc) is 3.10. The highest BCUT2D eigenvalue weighted by atomic mass is 32.1. The summed E-state index contributed by atoms with van der Waals surface area (Å²) in [5, 5.41) is 19.7. The van der Waals surface area contributed by atoms with Crippen molar-refractivity contribution in [3.63, 3.8) is 0 Å². The van der Waals surface area contributed by atoms with Gasteiger partial charge in [0.1, 0.15) is 21.5 Å². The summed E-state index contributed by atoms with van der Waals surface area (Å²) in [6.07, 6.45) is 0.592. The van der Waals surface area contributed by atoms with Gasteiger partial charge < -0.3 is 9.84 Å². The minimum Gasteiger partial charge on any atom is -0.507 e. The zero-order valence-electron chi connectivity index (χ0n) is 14.9. The summed E-state index contributed by atoms with van der Waals surface area (Å²) < 4.78 is 5.09. The topological polar surface area (TPSA) is 89.4 Å². The number of esters is 1. The predicted molar refractivity (Wildman–Crippen MR) is 102 cm³/mol. The standard InChI is InChI=1S/C20H18N2O4S/c1-3-13-9-15(16(24)10-18(13)26-12(2)23)17(25)11-19-21-22-20(27-19)14-7-5-4-6-8-14/h4-10,24H,3,11H2,1-2H3. The molecule has 0 fully saturated rings. The smallest absolute Gasteiger partial charge is 0.308 e. The summed E-state index contributed by atoms with van der Waals surface area (Å²) in [5.74, 6) is -0.708. The van der Waals surface area contributed by atoms with Gasteiger partial charge in [-0.3, -0.25) is 9.59 Å². The van der Waals surface area contributed by atoms with E-state index in [1.54, 1.807) is 6.07 Å². The lowest BCUT2D eigenvalue weighted by Gasteiger charge is -2.11. The second-order valence-corrected chi connectivity index (χ2v) is 6.95. The van der Waals surface area contributed by atoms with Crippen LogP contribution in [0.1, 0.15) is 34.8 Å². The van der Waals surface area contributed by atoms with Gasteiger partial charge in [0.25, 0.3) is 0 Å². The van der Waals surface area contributed by atoms with Gasteiger partial charge in [0.05, 0.1) is 12.0 Å². The van der Waals surface area contributed by atoms with Crippen molar-refractivity contribution in [1.29, 1.82) is 0 Å². The van der Waals surface area contributed by atoms with E-state index in [2.05, 4.69) is 10.2 Å². The molecule has 0 aliphatic carbocycles. The molecule has 0 saturated carbocycles. The number of aromatic nitrogens is 2. The van der Waals surface area contributed by atoms with Crippen molar-refractivity contribution >= 4 is 23.1 Å². The third-order valence-corrected chi connectivity index (χ3v) is 4.89. The lowest BCUT2D eigenvalue weighted by molar-refractivity contribution is -0.131. The zero-order chi connectivity index (χ0) is 19.4. The van der Waals surface area contributed by atoms with Gasteiger partial charge in [0.15, 0.2) is 5.78 Å². The van der Waals surface area contributed by atoms with E-state index in [0.717, 1.165) is 10.6 Å². The maximum absolute atomic E-state index is 12.7. The molecule has 0 radical (unpaired) electrons. The number of hydrogen-bond donors (Lipinski definition) is 1. The van der Waals surface area contributed by atoms with E-state index in [9.17, 15) is 14.7 Å². The van der Waals surface area contributed by atoms with Crippen LogP contribution in [0.3, 0.4) is 0 Å². The molecule has 1 aromatic heterocycles. The van der Waals surface area contributed by atoms with Crippen molar-refractivity contribution in [1.82, 2.24) is 10.2 Å². The minimum atomic E-state index is -0.481. The molecule has 7 heteroatoms. The van der Waals surface area contributed by atoms with Crippen molar-refractivity contribution < 1.29 is 19.4 Å². The van der Waals surface area contributed by atoms with Crippen LogP contribution >= 0.6 is 11.3 Å². The van der Waals surface area contributed by atoms with Crippen molar-refractivity contribution in [2.24, 2.45) is 0 Å². The summed E-state index contributed by atoms with van der Waals surface area (Å²) in [6, 6.07) is 12.5. The number of hydrogen-bond acceptors (Lipinski definition) is 7. The van der Waals surface area contributed by atoms with Crippen LogP contribution in [0, 0.1) is 0 Å². The molecule has 3 rings (SSSR count). The molecule has 0 saturated heterocycles. The lowest BCUT2D eigenvalue weighted by atomic mass is 10.0. The summed E-state index contributed by atoms with van der Waals surface area (Å²) in [6.45, 7) is 3.17. The second-order valence-electron chi connectivity index (χ2n) is 5.89. The Labute approximate surface area is 160 Å². The maximum Gasteiger partial charge on any atom is 0.308 e. The molecular weight excluding hydrogens is 364 g/mol. The molecule has 0 aliphatic rings. The molecule has 0 aliphatic heterocycles. The van der Waals surface area contributed by atoms with E-state index in [1.807, 2.05) is 37.3 Å². The Kier molecular flexibility index (Phi) is 5.61. The van der Waals surface area contributed by atoms with Gasteiger partial charge in [-0.05, 0) is 18.1 Å². The first-order valence-electron chi connectivity index (χ1n) is 8.43. The summed E-state index contributed by atoms with van der Waals surface area (Å²) in [4.78, 5) is 23.8. The third-order valence-electron chi connectivity index (χ3n) is 3.91. The Morgan fingerprint density at radius 1 is 1.15 bits per heavy atom. The van der Waals surface area contributed by atoms with E-state index in [-0.39, 0.29) is 29.3 Å². The van der Waals surface area contributed by atoms with E-state index in [4.69, 9.17) is 4.74 Å². The maximum atomic E-state index is 12.7. The first kappa shape index (κ1) is 18.7. The molecule has 3 aromatic rings. The first-order valence-corrected chi connectivity index (χ1v) is 9.25. The number of Topliss-reactive ketones (excluding diaryl/α,β-unsaturated/α-hetero) is 1. The molecule has 0 amide bonds. The molecule has 0 bridgehead atoms. The van der Waals surface area contributed by atoms with Crippen molar-refractivity contribution in [2.75, 3.05) is 0 Å². The third kappa shape index (κ3) is 4.38. The highest BCUT2D eigenvalue weighted by Gasteiger charge is 2.19. The molecule has 6 nitrogen and oxygen atoms in total. The number of ketones is 1. The Morgan fingerprint density at radius 3 is 2.56 bits per heavy atom. The van der Waals surface area contributed by atoms with Gasteiger partial charge in [-0.15, -0.1) is 10.2 Å². The summed E-state index contributed by atoms with van der Waals surface area (Å²) in [7, 11) is 0. The van der Waals surface area contributed by atoms with E-state index < -0.39 is 5.97 Å². The number of phenols is 1. The predicted octanol–water partition coefficient (Wildman–Crippen LogP) is 3.82. The fraction of sp³-hybridized carbons (Fsp3) is 0.200. The molecule has 0 unspecified atom stereocenters. The van der Waals surface area contributed by atoms with Crippen LogP contribution in [0.4, 0.5) is 0 Å². The molecule has 27 heavy (non-hydrogen) atoms. The average molecular weight is 382 g/mol. The van der Waals surface area contributed by atoms with Gasteiger partial charge in [-0.1, -0.05) is 48.6 Å². The Balaban J connectivity index is 1.82. The number of carbonyl (C=O) groups excluding carboxylic acids is 2. The molecule has 0 spiro atoms. The molecule has 138 valence electrons. The normalized spacial score (nSPS) is 10.6. The van der Waals surface area contributed by atoms with Crippen LogP contribution in [0.2, 0.25) is 0 Å². The van der Waals surface area contributed by atoms with Crippen molar-refractivity contribution in [3.8, 4) is 22.1 Å². The largest absolute Gasteiger partial charge is 0.507 e. The number of benzene rings is 2. The SMILES string of the molecule is CCc1cc(C(=O)Cc2nnc(-c3ccccc3)s2)c(O)cc1OC(C)=O. The number of ether oxygens (including phenoxy) is 1. The number of aryl methyl sites for hydroxylation is 1. The van der Waals surface area contributed by atoms with Gasteiger partial charge in [-0.25, -0.2) is 0 Å². The van der Waals surface area contributed by atoms with Crippen LogP contribution in [-0.4, -0.2) is 27.1 Å². The summed E-state index contributed by atoms with van der Waals surface area (Å²) in [5.41, 5.74) is 1.79. The lowest BCUT2D eigenvalue weighted by Crippen LogP contribution is -2.08. The quantitative estimate of drug-likeness (QED) is 0.396. The Bertz CT molecular complexity index is 983. The fourth-order valence-corrected chi connectivity index (χ4v) is 3.46. The van der Waals surface area contributed by atoms with Crippen LogP contribution in [0.25, 0.3) is 10.6 Å². The molecule has 0 atom stereocenters. The van der Waals surface area contributed by atoms with Crippen LogP contribution < -0.4 is 4.74 Å². The number of aromatic hydroxyl groups is 1. The number of nitrogens with zero attached hydrogens (tertiary/aromatic N) is 2. The van der Waals surface area contributed by atoms with Gasteiger partial charge >= 0.3 is 5.97 Å². The molecular formula is C20H18N2O4S. The Hall–Kier alpha value is -3.06. The number of rotatable bonds is 6. The van der Waals surface area contributed by atoms with Crippen LogP contribution in [0.15, 0.2) is 42.5 Å². The first-order chi connectivity index (χ1) is 13.0. The Morgan fingerprint density at radius 2 is 1.89 bits per heavy atom. The second kappa shape index (κ2) is 8.09. The highest BCUT2D eigenvalue weighted by Crippen LogP contribution is 2.31.